The molecule has 5 heteroatoms. The number of aryl methyl sites for hydroxylation is 2. The van der Waals surface area contributed by atoms with Gasteiger partial charge in [-0.05, 0) is 86.3 Å². The Morgan fingerprint density at radius 3 is 1.31 bits per heavy atom. The number of hydrogen-bond acceptors (Lipinski definition) is 5. The second-order valence-corrected chi connectivity index (χ2v) is 15.7. The predicted molar refractivity (Wildman–Crippen MR) is 218 cm³/mol. The lowest BCUT2D eigenvalue weighted by atomic mass is 10.0. The number of hydrogen-bond donors (Lipinski definition) is 0. The molecule has 5 heterocycles. The van der Waals surface area contributed by atoms with E-state index in [0.29, 0.717) is 0 Å². The Balaban J connectivity index is 1.03. The molecule has 0 N–H and O–H groups in total. The van der Waals surface area contributed by atoms with E-state index in [4.69, 9.17) is 8.83 Å². The zero-order chi connectivity index (χ0) is 34.8. The summed E-state index contributed by atoms with van der Waals surface area (Å²) >= 11 is 1.80. The number of aromatic nitrogens is 2. The van der Waals surface area contributed by atoms with Gasteiger partial charge in [-0.25, -0.2) is 0 Å². The summed E-state index contributed by atoms with van der Waals surface area (Å²) in [5, 5.41) is 4.79. The highest BCUT2D eigenvalue weighted by molar-refractivity contribution is 7.26. The Hall–Kier alpha value is -3.96. The van der Waals surface area contributed by atoms with Gasteiger partial charge in [0.1, 0.15) is 22.7 Å². The highest BCUT2D eigenvalue weighted by Crippen LogP contribution is 2.41. The van der Waals surface area contributed by atoms with E-state index in [1.54, 1.807) is 11.3 Å². The van der Waals surface area contributed by atoms with E-state index in [2.05, 4.69) is 84.5 Å². The van der Waals surface area contributed by atoms with Gasteiger partial charge in [-0.3, -0.25) is 9.97 Å². The van der Waals surface area contributed by atoms with Gasteiger partial charge in [-0.15, -0.1) is 11.3 Å². The fraction of sp³-hybridized carbons (Fsp3) is 0.435. The summed E-state index contributed by atoms with van der Waals surface area (Å²) in [4.78, 5) is 9.35. The Morgan fingerprint density at radius 1 is 0.471 bits per heavy atom. The van der Waals surface area contributed by atoms with Gasteiger partial charge in [0.2, 0.25) is 0 Å². The number of fused-ring (bicyclic) bond motifs is 5. The Kier molecular flexibility index (Phi) is 12.2. The number of nitrogens with zero attached hydrogens (tertiary/aromatic N) is 2. The summed E-state index contributed by atoms with van der Waals surface area (Å²) in [7, 11) is 0. The molecule has 2 aromatic carbocycles. The van der Waals surface area contributed by atoms with Gasteiger partial charge in [-0.1, -0.05) is 104 Å². The third-order valence-electron chi connectivity index (χ3n) is 10.5. The molecular formula is C46H54N2O2S. The monoisotopic (exact) mass is 698 g/mol. The number of furan rings is 2. The standard InChI is InChI=1S/C46H54N2O2S/c1-3-5-7-9-11-13-15-17-19-37-25-33(21-23-47-37)41-29-35-27-39-40-28-36-30-42(50-44(36)32-46(40)51-45(39)31-43(35)49-41)34-22-24-48-38(26-34)20-18-16-14-12-10-8-6-4-2/h21-32H,3-20H2,1-2H3. The number of thiophene rings is 1. The molecule has 0 bridgehead atoms. The quantitative estimate of drug-likeness (QED) is 0.0744. The van der Waals surface area contributed by atoms with Gasteiger partial charge in [0.05, 0.1) is 0 Å². The molecule has 0 aliphatic carbocycles. The second kappa shape index (κ2) is 17.5. The van der Waals surface area contributed by atoms with Crippen molar-refractivity contribution in [2.24, 2.45) is 0 Å². The minimum atomic E-state index is 0.910. The molecule has 0 atom stereocenters. The number of rotatable bonds is 20. The average Bonchev–Trinajstić information content (AvgIpc) is 3.86. The average molecular weight is 699 g/mol. The minimum absolute atomic E-state index is 0.910. The van der Waals surface area contributed by atoms with Crippen LogP contribution in [-0.2, 0) is 12.8 Å². The second-order valence-electron chi connectivity index (χ2n) is 14.6. The fourth-order valence-corrected chi connectivity index (χ4v) is 8.67. The van der Waals surface area contributed by atoms with Gasteiger partial charge in [0.15, 0.2) is 0 Å². The minimum Gasteiger partial charge on any atom is -0.456 e. The number of benzene rings is 2. The molecule has 266 valence electrons. The lowest BCUT2D eigenvalue weighted by Crippen LogP contribution is -1.91. The van der Waals surface area contributed by atoms with Crippen LogP contribution in [0.1, 0.15) is 128 Å². The molecule has 0 saturated heterocycles. The van der Waals surface area contributed by atoms with Gasteiger partial charge < -0.3 is 8.83 Å². The number of pyridine rings is 2. The summed E-state index contributed by atoms with van der Waals surface area (Å²) in [5.41, 5.74) is 6.37. The first-order valence-corrected chi connectivity index (χ1v) is 20.7. The first kappa shape index (κ1) is 35.4. The maximum absolute atomic E-state index is 6.45. The molecule has 0 saturated carbocycles. The van der Waals surface area contributed by atoms with E-state index in [1.165, 1.54) is 123 Å². The Morgan fingerprint density at radius 2 is 0.882 bits per heavy atom. The predicted octanol–water partition coefficient (Wildman–Crippen LogP) is 15.0. The van der Waals surface area contributed by atoms with Gasteiger partial charge >= 0.3 is 0 Å². The van der Waals surface area contributed by atoms with E-state index in [-0.39, 0.29) is 0 Å². The molecule has 0 unspecified atom stereocenters. The molecule has 7 rings (SSSR count). The number of unbranched alkanes of at least 4 members (excludes halogenated alkanes) is 14. The van der Waals surface area contributed by atoms with Crippen LogP contribution in [0.4, 0.5) is 0 Å². The van der Waals surface area contributed by atoms with Crippen molar-refractivity contribution < 1.29 is 8.83 Å². The van der Waals surface area contributed by atoms with E-state index in [0.717, 1.165) is 68.8 Å². The SMILES string of the molecule is CCCCCCCCCCc1cc(-c2cc3cc4c(cc3o2)sc2cc3oc(-c5ccnc(CCCCCCCCCC)c5)cc3cc24)ccn1. The lowest BCUT2D eigenvalue weighted by Gasteiger charge is -2.04. The first-order chi connectivity index (χ1) is 25.2. The van der Waals surface area contributed by atoms with E-state index >= 15 is 0 Å². The van der Waals surface area contributed by atoms with Crippen LogP contribution in [0, 0.1) is 0 Å². The maximum atomic E-state index is 6.45. The molecule has 0 spiro atoms. The zero-order valence-corrected chi connectivity index (χ0v) is 31.6. The molecule has 4 nitrogen and oxygen atoms in total. The molecule has 5 aromatic heterocycles. The van der Waals surface area contributed by atoms with Crippen LogP contribution < -0.4 is 0 Å². The van der Waals surface area contributed by atoms with Crippen LogP contribution in [0.5, 0.6) is 0 Å². The lowest BCUT2D eigenvalue weighted by molar-refractivity contribution is 0.574. The van der Waals surface area contributed by atoms with Crippen molar-refractivity contribution in [1.82, 2.24) is 9.97 Å². The molecule has 0 aliphatic rings. The Labute approximate surface area is 307 Å². The first-order valence-electron chi connectivity index (χ1n) is 19.9. The molecule has 0 fully saturated rings. The van der Waals surface area contributed by atoms with E-state index in [1.807, 2.05) is 12.4 Å². The molecule has 51 heavy (non-hydrogen) atoms. The van der Waals surface area contributed by atoms with Crippen LogP contribution in [-0.4, -0.2) is 9.97 Å². The van der Waals surface area contributed by atoms with Crippen LogP contribution in [0.15, 0.2) is 81.9 Å². The zero-order valence-electron chi connectivity index (χ0n) is 30.8. The van der Waals surface area contributed by atoms with Gasteiger partial charge in [-0.2, -0.15) is 0 Å². The highest BCUT2D eigenvalue weighted by atomic mass is 32.1. The van der Waals surface area contributed by atoms with Crippen molar-refractivity contribution >= 4 is 53.4 Å². The highest BCUT2D eigenvalue weighted by Gasteiger charge is 2.15. The van der Waals surface area contributed by atoms with E-state index in [9.17, 15) is 0 Å². The van der Waals surface area contributed by atoms with E-state index < -0.39 is 0 Å². The van der Waals surface area contributed by atoms with Crippen LogP contribution in [0.25, 0.3) is 64.8 Å². The van der Waals surface area contributed by atoms with Crippen molar-refractivity contribution in [2.45, 2.75) is 129 Å². The largest absolute Gasteiger partial charge is 0.456 e. The van der Waals surface area contributed by atoms with Crippen molar-refractivity contribution in [1.29, 1.82) is 0 Å². The third-order valence-corrected chi connectivity index (χ3v) is 11.6. The van der Waals surface area contributed by atoms with Crippen molar-refractivity contribution in [3.05, 3.63) is 84.4 Å². The molecule has 7 aromatic rings. The summed E-state index contributed by atoms with van der Waals surface area (Å²) in [6.07, 6.45) is 27.1. The van der Waals surface area contributed by atoms with Crippen LogP contribution in [0.2, 0.25) is 0 Å². The van der Waals surface area contributed by atoms with Crippen molar-refractivity contribution in [3.8, 4) is 22.6 Å². The summed E-state index contributed by atoms with van der Waals surface area (Å²) in [5.74, 6) is 1.82. The summed E-state index contributed by atoms with van der Waals surface area (Å²) < 4.78 is 15.4. The normalized spacial score (nSPS) is 12.0. The van der Waals surface area contributed by atoms with Gasteiger partial charge in [0, 0.05) is 65.9 Å². The van der Waals surface area contributed by atoms with Crippen LogP contribution in [0.3, 0.4) is 0 Å². The van der Waals surface area contributed by atoms with Crippen molar-refractivity contribution in [3.63, 3.8) is 0 Å². The summed E-state index contributed by atoms with van der Waals surface area (Å²) in [6.45, 7) is 4.56. The molecule has 0 amide bonds. The topological polar surface area (TPSA) is 52.1 Å². The van der Waals surface area contributed by atoms with Crippen LogP contribution >= 0.6 is 11.3 Å². The molecule has 0 aliphatic heterocycles. The third kappa shape index (κ3) is 8.92. The molecular weight excluding hydrogens is 645 g/mol. The Bertz CT molecular complexity index is 2020. The fourth-order valence-electron chi connectivity index (χ4n) is 7.55. The van der Waals surface area contributed by atoms with Crippen molar-refractivity contribution in [2.75, 3.05) is 0 Å². The maximum Gasteiger partial charge on any atom is 0.136 e. The summed E-state index contributed by atoms with van der Waals surface area (Å²) in [6, 6.07) is 22.0. The molecule has 0 radical (unpaired) electrons. The van der Waals surface area contributed by atoms with Gasteiger partial charge in [0.25, 0.3) is 0 Å². The smallest absolute Gasteiger partial charge is 0.136 e.